The summed E-state index contributed by atoms with van der Waals surface area (Å²) >= 11 is 6.10. The van der Waals surface area contributed by atoms with Gasteiger partial charge in [-0.2, -0.15) is 28.5 Å². The van der Waals surface area contributed by atoms with Gasteiger partial charge in [-0.15, -0.1) is 4.80 Å². The van der Waals surface area contributed by atoms with Crippen molar-refractivity contribution in [3.63, 3.8) is 0 Å². The molecule has 0 atom stereocenters. The molecule has 0 aliphatic carbocycles. The van der Waals surface area contributed by atoms with Gasteiger partial charge < -0.3 is 5.32 Å². The van der Waals surface area contributed by atoms with Crippen LogP contribution in [0, 0.1) is 5.82 Å². The van der Waals surface area contributed by atoms with Gasteiger partial charge in [-0.1, -0.05) is 11.6 Å². The summed E-state index contributed by atoms with van der Waals surface area (Å²) in [4.78, 5) is 21.3. The molecular formula is C17H9ClF4N8O. The van der Waals surface area contributed by atoms with E-state index in [9.17, 15) is 22.4 Å². The first-order valence-corrected chi connectivity index (χ1v) is 8.72. The van der Waals surface area contributed by atoms with E-state index < -0.39 is 29.2 Å². The van der Waals surface area contributed by atoms with Crippen molar-refractivity contribution in [1.29, 1.82) is 0 Å². The fraction of sp³-hybridized carbons (Fsp3) is 0.0588. The molecular weight excluding hydrogens is 444 g/mol. The third-order valence-electron chi connectivity index (χ3n) is 3.90. The Hall–Kier alpha value is -3.87. The van der Waals surface area contributed by atoms with Crippen molar-refractivity contribution >= 4 is 23.2 Å². The first-order valence-electron chi connectivity index (χ1n) is 8.35. The second-order valence-electron chi connectivity index (χ2n) is 5.95. The summed E-state index contributed by atoms with van der Waals surface area (Å²) in [6.45, 7) is 0. The molecule has 0 aliphatic rings. The number of aromatic nitrogens is 7. The van der Waals surface area contributed by atoms with Crippen molar-refractivity contribution in [2.24, 2.45) is 0 Å². The molecule has 0 aliphatic heterocycles. The van der Waals surface area contributed by atoms with Gasteiger partial charge in [0, 0.05) is 0 Å². The minimum atomic E-state index is -4.95. The molecule has 0 saturated carbocycles. The van der Waals surface area contributed by atoms with Gasteiger partial charge in [-0.3, -0.25) is 4.79 Å². The summed E-state index contributed by atoms with van der Waals surface area (Å²) in [7, 11) is 0. The van der Waals surface area contributed by atoms with Crippen LogP contribution in [0.25, 0.3) is 11.6 Å². The first kappa shape index (κ1) is 20.4. The molecule has 0 saturated heterocycles. The molecule has 0 radical (unpaired) electrons. The molecule has 4 aromatic rings. The Labute approximate surface area is 175 Å². The Bertz CT molecular complexity index is 1240. The fourth-order valence-electron chi connectivity index (χ4n) is 2.62. The molecule has 0 unspecified atom stereocenters. The van der Waals surface area contributed by atoms with Crippen LogP contribution in [-0.2, 0) is 6.18 Å². The van der Waals surface area contributed by atoms with Gasteiger partial charge in [0.2, 0.25) is 0 Å². The third kappa shape index (κ3) is 4.07. The quantitative estimate of drug-likeness (QED) is 0.476. The number of nitrogens with zero attached hydrogens (tertiary/aromatic N) is 7. The molecule has 158 valence electrons. The average molecular weight is 453 g/mol. The van der Waals surface area contributed by atoms with Crippen LogP contribution in [-0.4, -0.2) is 40.6 Å². The maximum Gasteiger partial charge on any atom is 0.434 e. The number of amides is 1. The summed E-state index contributed by atoms with van der Waals surface area (Å²) in [6.07, 6.45) is 0.507. The lowest BCUT2D eigenvalue weighted by Gasteiger charge is -2.12. The zero-order valence-corrected chi connectivity index (χ0v) is 15.8. The van der Waals surface area contributed by atoms with Gasteiger partial charge in [0.05, 0.1) is 47.3 Å². The van der Waals surface area contributed by atoms with E-state index in [2.05, 4.69) is 30.6 Å². The molecule has 0 spiro atoms. The zero-order valence-electron chi connectivity index (χ0n) is 15.0. The SMILES string of the molecule is O=C(Nc1cnc(-n2nccn2)c(Cl)c1)c1cnn(-c2ccc(F)cn2)c1C(F)(F)F. The molecule has 9 nitrogen and oxygen atoms in total. The minimum absolute atomic E-state index is 0.0340. The smallest absolute Gasteiger partial charge is 0.320 e. The number of alkyl halides is 3. The number of halogens is 5. The maximum absolute atomic E-state index is 13.7. The number of hydrogen-bond acceptors (Lipinski definition) is 6. The molecule has 1 N–H and O–H groups in total. The van der Waals surface area contributed by atoms with Crippen LogP contribution in [0.5, 0.6) is 0 Å². The van der Waals surface area contributed by atoms with Crippen LogP contribution in [0.15, 0.2) is 49.2 Å². The fourth-order valence-corrected chi connectivity index (χ4v) is 2.87. The highest BCUT2D eigenvalue weighted by Gasteiger charge is 2.41. The number of pyridine rings is 2. The number of carbonyl (C=O) groups excluding carboxylic acids is 1. The Morgan fingerprint density at radius 2 is 1.77 bits per heavy atom. The van der Waals surface area contributed by atoms with Crippen molar-refractivity contribution in [1.82, 2.24) is 34.7 Å². The van der Waals surface area contributed by atoms with Crippen LogP contribution >= 0.6 is 11.6 Å². The lowest BCUT2D eigenvalue weighted by atomic mass is 10.2. The standard InChI is InChI=1S/C17H9ClF4N8O/c18-12-5-10(7-24-15(12)30-25-3-4-26-30)28-16(31)11-8-27-29(14(11)17(20,21)22)13-2-1-9(19)6-23-13/h1-8H,(H,28,31). The number of carbonyl (C=O) groups is 1. The molecule has 4 rings (SSSR count). The van der Waals surface area contributed by atoms with Crippen LogP contribution in [0.4, 0.5) is 23.2 Å². The summed E-state index contributed by atoms with van der Waals surface area (Å²) in [5.41, 5.74) is -2.11. The van der Waals surface area contributed by atoms with E-state index in [0.29, 0.717) is 4.68 Å². The third-order valence-corrected chi connectivity index (χ3v) is 4.18. The Morgan fingerprint density at radius 3 is 2.39 bits per heavy atom. The molecule has 14 heteroatoms. The molecule has 1 amide bonds. The highest BCUT2D eigenvalue weighted by Crippen LogP contribution is 2.34. The molecule has 4 aromatic heterocycles. The van der Waals surface area contributed by atoms with Crippen molar-refractivity contribution in [2.45, 2.75) is 6.18 Å². The summed E-state index contributed by atoms with van der Waals surface area (Å²) in [6, 6.07) is 3.21. The van der Waals surface area contributed by atoms with Gasteiger partial charge in [-0.25, -0.2) is 19.0 Å². The summed E-state index contributed by atoms with van der Waals surface area (Å²) < 4.78 is 54.5. The van der Waals surface area contributed by atoms with E-state index in [1.54, 1.807) is 0 Å². The average Bonchev–Trinajstić information content (AvgIpc) is 3.38. The van der Waals surface area contributed by atoms with Crippen molar-refractivity contribution in [3.05, 3.63) is 71.3 Å². The molecule has 4 heterocycles. The molecule has 0 fully saturated rings. The largest absolute Gasteiger partial charge is 0.434 e. The normalized spacial score (nSPS) is 11.5. The van der Waals surface area contributed by atoms with Gasteiger partial charge in [0.1, 0.15) is 5.82 Å². The topological polar surface area (TPSA) is 103 Å². The highest BCUT2D eigenvalue weighted by molar-refractivity contribution is 6.32. The van der Waals surface area contributed by atoms with Crippen LogP contribution in [0.2, 0.25) is 5.02 Å². The van der Waals surface area contributed by atoms with Crippen LogP contribution in [0.1, 0.15) is 16.1 Å². The predicted molar refractivity (Wildman–Crippen MR) is 98.4 cm³/mol. The Balaban J connectivity index is 1.66. The second-order valence-corrected chi connectivity index (χ2v) is 6.36. The number of hydrogen-bond donors (Lipinski definition) is 1. The Kier molecular flexibility index (Phi) is 5.10. The minimum Gasteiger partial charge on any atom is -0.320 e. The van der Waals surface area contributed by atoms with Gasteiger partial charge in [0.15, 0.2) is 17.3 Å². The summed E-state index contributed by atoms with van der Waals surface area (Å²) in [5.74, 6) is -1.99. The van der Waals surface area contributed by atoms with E-state index in [4.69, 9.17) is 11.6 Å². The van der Waals surface area contributed by atoms with Crippen molar-refractivity contribution in [2.75, 3.05) is 5.32 Å². The molecule has 31 heavy (non-hydrogen) atoms. The van der Waals surface area contributed by atoms with E-state index >= 15 is 0 Å². The van der Waals surface area contributed by atoms with E-state index in [1.807, 2.05) is 0 Å². The molecule has 0 aromatic carbocycles. The van der Waals surface area contributed by atoms with E-state index in [-0.39, 0.29) is 22.3 Å². The predicted octanol–water partition coefficient (Wildman–Crippen LogP) is 3.31. The van der Waals surface area contributed by atoms with Gasteiger partial charge in [0.25, 0.3) is 5.91 Å². The summed E-state index contributed by atoms with van der Waals surface area (Å²) in [5, 5.41) is 13.7. The van der Waals surface area contributed by atoms with E-state index in [0.717, 1.165) is 29.3 Å². The van der Waals surface area contributed by atoms with Crippen molar-refractivity contribution < 1.29 is 22.4 Å². The maximum atomic E-state index is 13.7. The van der Waals surface area contributed by atoms with Crippen LogP contribution < -0.4 is 5.32 Å². The van der Waals surface area contributed by atoms with Crippen molar-refractivity contribution in [3.8, 4) is 11.6 Å². The zero-order chi connectivity index (χ0) is 22.2. The lowest BCUT2D eigenvalue weighted by Crippen LogP contribution is -2.21. The highest BCUT2D eigenvalue weighted by atomic mass is 35.5. The molecule has 0 bridgehead atoms. The number of nitrogens with one attached hydrogen (secondary N) is 1. The monoisotopic (exact) mass is 452 g/mol. The Morgan fingerprint density at radius 1 is 1.03 bits per heavy atom. The first-order chi connectivity index (χ1) is 14.7. The van der Waals surface area contributed by atoms with Crippen LogP contribution in [0.3, 0.4) is 0 Å². The van der Waals surface area contributed by atoms with Gasteiger partial charge in [-0.05, 0) is 18.2 Å². The van der Waals surface area contributed by atoms with E-state index in [1.165, 1.54) is 24.7 Å². The number of anilines is 1. The second kappa shape index (κ2) is 7.75. The number of rotatable bonds is 4. The van der Waals surface area contributed by atoms with Gasteiger partial charge >= 0.3 is 6.18 Å². The lowest BCUT2D eigenvalue weighted by molar-refractivity contribution is -0.143.